The first-order valence-electron chi connectivity index (χ1n) is 7.13. The van der Waals surface area contributed by atoms with Crippen molar-refractivity contribution < 1.29 is 19.4 Å². The lowest BCUT2D eigenvalue weighted by molar-refractivity contribution is -0.146. The average Bonchev–Trinajstić information content (AvgIpc) is 2.42. The fraction of sp³-hybridized carbons (Fsp3) is 0.857. The van der Waals surface area contributed by atoms with Gasteiger partial charge in [0, 0.05) is 6.42 Å². The van der Waals surface area contributed by atoms with Crippen LogP contribution in [0, 0.1) is 0 Å². The Morgan fingerprint density at radius 1 is 1.11 bits per heavy atom. The molecular formula is C14H27NO4. The first-order valence-corrected chi connectivity index (χ1v) is 7.13. The van der Waals surface area contributed by atoms with Crippen molar-refractivity contribution in [2.24, 2.45) is 0 Å². The van der Waals surface area contributed by atoms with Gasteiger partial charge in [0.05, 0.1) is 13.7 Å². The van der Waals surface area contributed by atoms with Crippen LogP contribution in [0.15, 0.2) is 0 Å². The van der Waals surface area contributed by atoms with Gasteiger partial charge < -0.3 is 15.2 Å². The summed E-state index contributed by atoms with van der Waals surface area (Å²) in [6.07, 6.45) is 8.37. The van der Waals surface area contributed by atoms with Gasteiger partial charge in [-0.1, -0.05) is 45.4 Å². The van der Waals surface area contributed by atoms with Crippen LogP contribution in [0.25, 0.3) is 0 Å². The molecular weight excluding hydrogens is 246 g/mol. The molecule has 0 rings (SSSR count). The summed E-state index contributed by atoms with van der Waals surface area (Å²) in [5.41, 5.74) is 0. The number of hydrogen-bond donors (Lipinski definition) is 2. The molecule has 0 spiro atoms. The van der Waals surface area contributed by atoms with E-state index in [9.17, 15) is 9.59 Å². The van der Waals surface area contributed by atoms with E-state index < -0.39 is 18.6 Å². The van der Waals surface area contributed by atoms with Gasteiger partial charge >= 0.3 is 5.97 Å². The van der Waals surface area contributed by atoms with Crippen molar-refractivity contribution in [3.05, 3.63) is 0 Å². The van der Waals surface area contributed by atoms with Gasteiger partial charge in [-0.2, -0.15) is 0 Å². The van der Waals surface area contributed by atoms with Gasteiger partial charge in [-0.3, -0.25) is 4.79 Å². The van der Waals surface area contributed by atoms with Crippen molar-refractivity contribution in [3.63, 3.8) is 0 Å². The van der Waals surface area contributed by atoms with Crippen molar-refractivity contribution in [2.75, 3.05) is 13.7 Å². The maximum absolute atomic E-state index is 11.5. The largest absolute Gasteiger partial charge is 0.467 e. The molecule has 0 aliphatic heterocycles. The Hall–Kier alpha value is -1.10. The SMILES string of the molecule is CCCCCCCCCC(=O)N[C@@H](CO)C(=O)OC. The van der Waals surface area contributed by atoms with Gasteiger partial charge in [-0.15, -0.1) is 0 Å². The molecule has 0 aliphatic rings. The molecule has 0 aliphatic carbocycles. The van der Waals surface area contributed by atoms with Crippen molar-refractivity contribution in [1.29, 1.82) is 0 Å². The molecule has 1 atom stereocenters. The van der Waals surface area contributed by atoms with Crippen LogP contribution in [-0.4, -0.2) is 36.7 Å². The number of amides is 1. The van der Waals surface area contributed by atoms with Crippen LogP contribution in [0.1, 0.15) is 58.3 Å². The molecule has 0 aromatic carbocycles. The Morgan fingerprint density at radius 2 is 1.68 bits per heavy atom. The summed E-state index contributed by atoms with van der Waals surface area (Å²) < 4.78 is 4.47. The summed E-state index contributed by atoms with van der Waals surface area (Å²) in [4.78, 5) is 22.7. The maximum Gasteiger partial charge on any atom is 0.330 e. The van der Waals surface area contributed by atoms with E-state index in [0.29, 0.717) is 6.42 Å². The summed E-state index contributed by atoms with van der Waals surface area (Å²) >= 11 is 0. The van der Waals surface area contributed by atoms with Gasteiger partial charge in [-0.25, -0.2) is 4.79 Å². The van der Waals surface area contributed by atoms with Crippen LogP contribution in [0.2, 0.25) is 0 Å². The van der Waals surface area contributed by atoms with Crippen LogP contribution < -0.4 is 5.32 Å². The van der Waals surface area contributed by atoms with Gasteiger partial charge in [0.25, 0.3) is 0 Å². The monoisotopic (exact) mass is 273 g/mol. The molecule has 5 nitrogen and oxygen atoms in total. The lowest BCUT2D eigenvalue weighted by Crippen LogP contribution is -2.43. The normalized spacial score (nSPS) is 11.9. The number of aliphatic hydroxyl groups is 1. The summed E-state index contributed by atoms with van der Waals surface area (Å²) in [5, 5.41) is 11.4. The Bertz CT molecular complexity index is 256. The zero-order valence-electron chi connectivity index (χ0n) is 12.1. The topological polar surface area (TPSA) is 75.6 Å². The van der Waals surface area contributed by atoms with E-state index in [1.165, 1.54) is 32.8 Å². The number of aliphatic hydroxyl groups excluding tert-OH is 1. The molecule has 0 radical (unpaired) electrons. The number of ether oxygens (including phenoxy) is 1. The van der Waals surface area contributed by atoms with Crippen molar-refractivity contribution >= 4 is 11.9 Å². The predicted octanol–water partition coefficient (Wildman–Crippen LogP) is 1.78. The van der Waals surface area contributed by atoms with Crippen LogP contribution in [-0.2, 0) is 14.3 Å². The molecule has 0 heterocycles. The molecule has 1 amide bonds. The van der Waals surface area contributed by atoms with E-state index in [1.807, 2.05) is 0 Å². The first kappa shape index (κ1) is 17.9. The molecule has 0 saturated carbocycles. The van der Waals surface area contributed by atoms with Crippen molar-refractivity contribution in [1.82, 2.24) is 5.32 Å². The second-order valence-corrected chi connectivity index (χ2v) is 4.70. The summed E-state index contributed by atoms with van der Waals surface area (Å²) in [5.74, 6) is -0.826. The molecule has 19 heavy (non-hydrogen) atoms. The summed E-state index contributed by atoms with van der Waals surface area (Å²) in [6, 6.07) is -0.943. The van der Waals surface area contributed by atoms with Crippen LogP contribution >= 0.6 is 0 Å². The maximum atomic E-state index is 11.5. The fourth-order valence-electron chi connectivity index (χ4n) is 1.83. The van der Waals surface area contributed by atoms with Crippen molar-refractivity contribution in [3.8, 4) is 0 Å². The molecule has 0 aromatic heterocycles. The molecule has 5 heteroatoms. The molecule has 112 valence electrons. The van der Waals surface area contributed by atoms with Gasteiger partial charge in [0.2, 0.25) is 5.91 Å². The zero-order valence-corrected chi connectivity index (χ0v) is 12.1. The summed E-state index contributed by atoms with van der Waals surface area (Å²) in [6.45, 7) is 1.75. The minimum Gasteiger partial charge on any atom is -0.467 e. The number of nitrogens with one attached hydrogen (secondary N) is 1. The van der Waals surface area contributed by atoms with Crippen molar-refractivity contribution in [2.45, 2.75) is 64.3 Å². The Morgan fingerprint density at radius 3 is 2.21 bits per heavy atom. The number of hydrogen-bond acceptors (Lipinski definition) is 4. The molecule has 0 unspecified atom stereocenters. The first-order chi connectivity index (χ1) is 9.15. The fourth-order valence-corrected chi connectivity index (χ4v) is 1.83. The highest BCUT2D eigenvalue weighted by molar-refractivity contribution is 5.84. The number of carbonyl (C=O) groups excluding carboxylic acids is 2. The number of unbranched alkanes of at least 4 members (excludes halogenated alkanes) is 6. The Balaban J connectivity index is 3.60. The minimum atomic E-state index is -0.943. The number of rotatable bonds is 11. The van der Waals surface area contributed by atoms with E-state index in [4.69, 9.17) is 5.11 Å². The Labute approximate surface area is 115 Å². The average molecular weight is 273 g/mol. The highest BCUT2D eigenvalue weighted by Gasteiger charge is 2.19. The van der Waals surface area contributed by atoms with Crippen LogP contribution in [0.5, 0.6) is 0 Å². The van der Waals surface area contributed by atoms with Crippen LogP contribution in [0.3, 0.4) is 0 Å². The number of methoxy groups -OCH3 is 1. The van der Waals surface area contributed by atoms with E-state index in [0.717, 1.165) is 19.3 Å². The standard InChI is InChI=1S/C14H27NO4/c1-3-4-5-6-7-8-9-10-13(17)15-12(11-16)14(18)19-2/h12,16H,3-11H2,1-2H3,(H,15,17)/t12-/m0/s1. The highest BCUT2D eigenvalue weighted by atomic mass is 16.5. The quantitative estimate of drug-likeness (QED) is 0.444. The van der Waals surface area contributed by atoms with Gasteiger partial charge in [0.1, 0.15) is 0 Å². The predicted molar refractivity (Wildman–Crippen MR) is 73.6 cm³/mol. The van der Waals surface area contributed by atoms with E-state index >= 15 is 0 Å². The van der Waals surface area contributed by atoms with Gasteiger partial charge in [-0.05, 0) is 6.42 Å². The minimum absolute atomic E-state index is 0.210. The van der Waals surface area contributed by atoms with E-state index in [2.05, 4.69) is 17.0 Å². The lowest BCUT2D eigenvalue weighted by Gasteiger charge is -2.13. The molecule has 0 aromatic rings. The Kier molecular flexibility index (Phi) is 11.3. The second-order valence-electron chi connectivity index (χ2n) is 4.70. The lowest BCUT2D eigenvalue weighted by atomic mass is 10.1. The molecule has 0 bridgehead atoms. The third-order valence-electron chi connectivity index (χ3n) is 3.01. The van der Waals surface area contributed by atoms with E-state index in [-0.39, 0.29) is 5.91 Å². The second kappa shape index (κ2) is 12.0. The smallest absolute Gasteiger partial charge is 0.330 e. The molecule has 0 fully saturated rings. The van der Waals surface area contributed by atoms with E-state index in [1.54, 1.807) is 0 Å². The third-order valence-corrected chi connectivity index (χ3v) is 3.01. The zero-order chi connectivity index (χ0) is 14.5. The molecule has 0 saturated heterocycles. The third kappa shape index (κ3) is 9.47. The number of carbonyl (C=O) groups is 2. The summed E-state index contributed by atoms with van der Waals surface area (Å²) in [7, 11) is 1.23. The van der Waals surface area contributed by atoms with Gasteiger partial charge in [0.15, 0.2) is 6.04 Å². The highest BCUT2D eigenvalue weighted by Crippen LogP contribution is 2.08. The number of esters is 1. The molecule has 2 N–H and O–H groups in total. The van der Waals surface area contributed by atoms with Crippen LogP contribution in [0.4, 0.5) is 0 Å².